The zero-order valence-corrected chi connectivity index (χ0v) is 11.1. The summed E-state index contributed by atoms with van der Waals surface area (Å²) in [7, 11) is 1.69. The van der Waals surface area contributed by atoms with Crippen LogP contribution in [-0.4, -0.2) is 12.1 Å². The first-order chi connectivity index (χ1) is 7.78. The Kier molecular flexibility index (Phi) is 3.93. The number of thiazole rings is 1. The Morgan fingerprint density at radius 1 is 1.50 bits per heavy atom. The van der Waals surface area contributed by atoms with Crippen LogP contribution in [-0.2, 0) is 11.3 Å². The molecule has 0 aliphatic rings. The molecule has 5 heteroatoms. The first-order valence-electron chi connectivity index (χ1n) is 4.74. The molecule has 16 heavy (non-hydrogen) atoms. The molecule has 0 saturated heterocycles. The molecule has 0 fully saturated rings. The summed E-state index contributed by atoms with van der Waals surface area (Å²) in [5, 5.41) is 6.07. The van der Waals surface area contributed by atoms with E-state index in [0.29, 0.717) is 6.61 Å². The third-order valence-electron chi connectivity index (χ3n) is 1.97. The van der Waals surface area contributed by atoms with Gasteiger partial charge in [0.1, 0.15) is 4.60 Å². The topological polar surface area (TPSA) is 34.1 Å². The van der Waals surface area contributed by atoms with Gasteiger partial charge in [-0.3, -0.25) is 0 Å². The van der Waals surface area contributed by atoms with Crippen LogP contribution in [0.3, 0.4) is 0 Å². The predicted octanol–water partition coefficient (Wildman–Crippen LogP) is 3.80. The van der Waals surface area contributed by atoms with E-state index < -0.39 is 0 Å². The lowest BCUT2D eigenvalue weighted by atomic mass is 10.2. The lowest BCUT2D eigenvalue weighted by Crippen LogP contribution is -1.92. The highest BCUT2D eigenvalue weighted by Crippen LogP contribution is 2.23. The maximum atomic E-state index is 5.09. The van der Waals surface area contributed by atoms with Crippen molar-refractivity contribution in [3.05, 3.63) is 39.8 Å². The third-order valence-corrected chi connectivity index (χ3v) is 3.43. The molecule has 0 aliphatic carbocycles. The maximum Gasteiger partial charge on any atom is 0.188 e. The summed E-state index contributed by atoms with van der Waals surface area (Å²) in [5.74, 6) is 0. The second-order valence-electron chi connectivity index (χ2n) is 3.23. The van der Waals surface area contributed by atoms with E-state index in [0.717, 1.165) is 21.0 Å². The van der Waals surface area contributed by atoms with Crippen molar-refractivity contribution < 1.29 is 4.74 Å². The van der Waals surface area contributed by atoms with E-state index in [1.165, 1.54) is 0 Å². The van der Waals surface area contributed by atoms with Crippen LogP contribution in [0, 0.1) is 0 Å². The van der Waals surface area contributed by atoms with Gasteiger partial charge >= 0.3 is 0 Å². The third kappa shape index (κ3) is 3.04. The van der Waals surface area contributed by atoms with Crippen molar-refractivity contribution in [1.29, 1.82) is 0 Å². The number of nitrogens with one attached hydrogen (secondary N) is 1. The zero-order chi connectivity index (χ0) is 11.4. The van der Waals surface area contributed by atoms with Crippen molar-refractivity contribution in [3.63, 3.8) is 0 Å². The second kappa shape index (κ2) is 5.43. The van der Waals surface area contributed by atoms with Gasteiger partial charge in [0.15, 0.2) is 5.13 Å². The highest BCUT2D eigenvalue weighted by Gasteiger charge is 2.00. The van der Waals surface area contributed by atoms with Crippen LogP contribution < -0.4 is 5.32 Å². The molecule has 0 atom stereocenters. The van der Waals surface area contributed by atoms with Crippen LogP contribution in [0.5, 0.6) is 0 Å². The van der Waals surface area contributed by atoms with Crippen LogP contribution in [0.15, 0.2) is 34.2 Å². The van der Waals surface area contributed by atoms with Crippen molar-refractivity contribution in [3.8, 4) is 0 Å². The number of benzene rings is 1. The molecule has 0 radical (unpaired) electrons. The summed E-state index contributed by atoms with van der Waals surface area (Å²) in [6.07, 6.45) is 0. The van der Waals surface area contributed by atoms with Crippen LogP contribution in [0.1, 0.15) is 5.56 Å². The summed E-state index contributed by atoms with van der Waals surface area (Å²) in [6, 6.07) is 8.10. The molecule has 0 bridgehead atoms. The van der Waals surface area contributed by atoms with E-state index in [-0.39, 0.29) is 0 Å². The molecule has 1 heterocycles. The number of ether oxygens (including phenoxy) is 1. The summed E-state index contributed by atoms with van der Waals surface area (Å²) >= 11 is 4.89. The van der Waals surface area contributed by atoms with Gasteiger partial charge in [0.2, 0.25) is 0 Å². The van der Waals surface area contributed by atoms with Crippen molar-refractivity contribution in [1.82, 2.24) is 4.98 Å². The molecular formula is C11H11BrN2OS. The Labute approximate surface area is 107 Å². The number of hydrogen-bond acceptors (Lipinski definition) is 4. The Balaban J connectivity index is 2.12. The van der Waals surface area contributed by atoms with E-state index in [9.17, 15) is 0 Å². The van der Waals surface area contributed by atoms with Crippen LogP contribution in [0.2, 0.25) is 0 Å². The maximum absolute atomic E-state index is 5.09. The smallest absolute Gasteiger partial charge is 0.188 e. The highest BCUT2D eigenvalue weighted by atomic mass is 79.9. The quantitative estimate of drug-likeness (QED) is 0.932. The lowest BCUT2D eigenvalue weighted by molar-refractivity contribution is 0.185. The van der Waals surface area contributed by atoms with Crippen LogP contribution in [0.25, 0.3) is 0 Å². The van der Waals surface area contributed by atoms with Gasteiger partial charge in [-0.15, -0.1) is 11.3 Å². The lowest BCUT2D eigenvalue weighted by Gasteiger charge is -2.05. The number of rotatable bonds is 4. The molecule has 0 saturated carbocycles. The largest absolute Gasteiger partial charge is 0.380 e. The SMILES string of the molecule is COCc1cccc(Nc2nc(Br)cs2)c1. The van der Waals surface area contributed by atoms with Gasteiger partial charge in [0.25, 0.3) is 0 Å². The first kappa shape index (κ1) is 11.6. The van der Waals surface area contributed by atoms with E-state index >= 15 is 0 Å². The van der Waals surface area contributed by atoms with Gasteiger partial charge in [-0.2, -0.15) is 0 Å². The number of nitrogens with zero attached hydrogens (tertiary/aromatic N) is 1. The van der Waals surface area contributed by atoms with Gasteiger partial charge in [0.05, 0.1) is 6.61 Å². The number of halogens is 1. The standard InChI is InChI=1S/C11H11BrN2OS/c1-15-6-8-3-2-4-9(5-8)13-11-14-10(12)7-16-11/h2-5,7H,6H2,1H3,(H,13,14). The molecule has 2 aromatic rings. The molecule has 1 aromatic carbocycles. The van der Waals surface area contributed by atoms with Gasteiger partial charge in [-0.1, -0.05) is 12.1 Å². The molecule has 3 nitrogen and oxygen atoms in total. The summed E-state index contributed by atoms with van der Waals surface area (Å²) in [6.45, 7) is 0.622. The molecule has 1 N–H and O–H groups in total. The molecule has 84 valence electrons. The van der Waals surface area contributed by atoms with E-state index in [4.69, 9.17) is 4.74 Å². The molecule has 0 spiro atoms. The fraction of sp³-hybridized carbons (Fsp3) is 0.182. The second-order valence-corrected chi connectivity index (χ2v) is 4.90. The average Bonchev–Trinajstić information content (AvgIpc) is 2.65. The molecular weight excluding hydrogens is 288 g/mol. The summed E-state index contributed by atoms with van der Waals surface area (Å²) < 4.78 is 5.94. The first-order valence-corrected chi connectivity index (χ1v) is 6.41. The minimum absolute atomic E-state index is 0.622. The van der Waals surface area contributed by atoms with E-state index in [1.807, 2.05) is 23.6 Å². The van der Waals surface area contributed by atoms with Gasteiger partial charge < -0.3 is 10.1 Å². The monoisotopic (exact) mass is 298 g/mol. The van der Waals surface area contributed by atoms with Crippen molar-refractivity contribution in [2.45, 2.75) is 6.61 Å². The van der Waals surface area contributed by atoms with Crippen LogP contribution in [0.4, 0.5) is 10.8 Å². The Morgan fingerprint density at radius 3 is 3.06 bits per heavy atom. The van der Waals surface area contributed by atoms with Crippen LogP contribution >= 0.6 is 27.3 Å². The van der Waals surface area contributed by atoms with Gasteiger partial charge in [-0.25, -0.2) is 4.98 Å². The van der Waals surface area contributed by atoms with Gasteiger partial charge in [-0.05, 0) is 33.6 Å². The Hall–Kier alpha value is -0.910. The summed E-state index contributed by atoms with van der Waals surface area (Å²) in [4.78, 5) is 4.27. The number of methoxy groups -OCH3 is 1. The normalized spacial score (nSPS) is 10.4. The van der Waals surface area contributed by atoms with Crippen molar-refractivity contribution >= 4 is 38.1 Å². The fourth-order valence-electron chi connectivity index (χ4n) is 1.34. The summed E-state index contributed by atoms with van der Waals surface area (Å²) in [5.41, 5.74) is 2.17. The molecule has 0 aliphatic heterocycles. The molecule has 2 rings (SSSR count). The number of hydrogen-bond donors (Lipinski definition) is 1. The number of anilines is 2. The minimum atomic E-state index is 0.622. The highest BCUT2D eigenvalue weighted by molar-refractivity contribution is 9.10. The van der Waals surface area contributed by atoms with Crippen molar-refractivity contribution in [2.24, 2.45) is 0 Å². The minimum Gasteiger partial charge on any atom is -0.380 e. The van der Waals surface area contributed by atoms with Gasteiger partial charge in [0, 0.05) is 18.2 Å². The van der Waals surface area contributed by atoms with E-state index in [2.05, 4.69) is 32.3 Å². The number of aromatic nitrogens is 1. The zero-order valence-electron chi connectivity index (χ0n) is 8.74. The molecule has 0 unspecified atom stereocenters. The van der Waals surface area contributed by atoms with Crippen molar-refractivity contribution in [2.75, 3.05) is 12.4 Å². The predicted molar refractivity (Wildman–Crippen MR) is 70.3 cm³/mol. The fourth-order valence-corrected chi connectivity index (χ4v) is 2.51. The molecule has 0 amide bonds. The van der Waals surface area contributed by atoms with E-state index in [1.54, 1.807) is 18.4 Å². The Bertz CT molecular complexity index is 473. The Morgan fingerprint density at radius 2 is 2.38 bits per heavy atom. The average molecular weight is 299 g/mol. The molecule has 1 aromatic heterocycles.